The van der Waals surface area contributed by atoms with Crippen molar-refractivity contribution < 1.29 is 19.0 Å². The highest BCUT2D eigenvalue weighted by Crippen LogP contribution is 2.21. The van der Waals surface area contributed by atoms with Crippen LogP contribution in [0.5, 0.6) is 5.75 Å². The zero-order chi connectivity index (χ0) is 19.9. The van der Waals surface area contributed by atoms with Gasteiger partial charge in [0, 0.05) is 31.7 Å². The quantitative estimate of drug-likeness (QED) is 0.767. The molecule has 1 saturated heterocycles. The molecule has 1 heterocycles. The van der Waals surface area contributed by atoms with Crippen molar-refractivity contribution in [1.82, 2.24) is 10.2 Å². The number of rotatable bonds is 7. The number of nitrogens with zero attached hydrogens (tertiary/aromatic N) is 1. The summed E-state index contributed by atoms with van der Waals surface area (Å²) in [5, 5.41) is 12.7. The predicted molar refractivity (Wildman–Crippen MR) is 105 cm³/mol. The standard InChI is InChI=1S/C22H27FN2O3/c1-28-21-8-7-17(11-19(21)23)12-22(27)24-20-14-25(10-9-18(20)15-26)13-16-5-3-2-4-6-16/h2-8,11,18,20,26H,9-10,12-15H2,1H3,(H,24,27). The number of hydrogen-bond acceptors (Lipinski definition) is 4. The van der Waals surface area contributed by atoms with Gasteiger partial charge >= 0.3 is 0 Å². The summed E-state index contributed by atoms with van der Waals surface area (Å²) in [7, 11) is 1.41. The first-order valence-corrected chi connectivity index (χ1v) is 9.58. The van der Waals surface area contributed by atoms with Gasteiger partial charge in [-0.3, -0.25) is 9.69 Å². The smallest absolute Gasteiger partial charge is 0.224 e. The van der Waals surface area contributed by atoms with Crippen molar-refractivity contribution in [3.63, 3.8) is 0 Å². The Morgan fingerprint density at radius 2 is 2.04 bits per heavy atom. The Balaban J connectivity index is 1.59. The summed E-state index contributed by atoms with van der Waals surface area (Å²) < 4.78 is 18.7. The SMILES string of the molecule is COc1ccc(CC(=O)NC2CN(Cc3ccccc3)CCC2CO)cc1F. The maximum absolute atomic E-state index is 13.8. The molecule has 0 bridgehead atoms. The second kappa shape index (κ2) is 9.66. The van der Waals surface area contributed by atoms with Crippen molar-refractivity contribution in [2.45, 2.75) is 25.4 Å². The third-order valence-corrected chi connectivity index (χ3v) is 5.25. The van der Waals surface area contributed by atoms with E-state index < -0.39 is 5.82 Å². The molecule has 0 aliphatic carbocycles. The summed E-state index contributed by atoms with van der Waals surface area (Å²) in [4.78, 5) is 14.8. The van der Waals surface area contributed by atoms with E-state index in [2.05, 4.69) is 22.3 Å². The Kier molecular flexibility index (Phi) is 7.01. The fourth-order valence-corrected chi connectivity index (χ4v) is 3.70. The van der Waals surface area contributed by atoms with Crippen LogP contribution in [0.4, 0.5) is 4.39 Å². The molecule has 1 aliphatic heterocycles. The number of likely N-dealkylation sites (tertiary alicyclic amines) is 1. The zero-order valence-electron chi connectivity index (χ0n) is 16.1. The van der Waals surface area contributed by atoms with Crippen LogP contribution in [0.3, 0.4) is 0 Å². The van der Waals surface area contributed by atoms with Gasteiger partial charge in [0.15, 0.2) is 11.6 Å². The average molecular weight is 386 g/mol. The molecular formula is C22H27FN2O3. The van der Waals surface area contributed by atoms with Gasteiger partial charge in [0.2, 0.25) is 5.91 Å². The number of piperidine rings is 1. The minimum absolute atomic E-state index is 0.0311. The lowest BCUT2D eigenvalue weighted by molar-refractivity contribution is -0.122. The van der Waals surface area contributed by atoms with Crippen LogP contribution < -0.4 is 10.1 Å². The van der Waals surface area contributed by atoms with E-state index in [1.807, 2.05) is 18.2 Å². The van der Waals surface area contributed by atoms with Crippen LogP contribution in [0.15, 0.2) is 48.5 Å². The highest BCUT2D eigenvalue weighted by Gasteiger charge is 2.30. The van der Waals surface area contributed by atoms with Crippen molar-refractivity contribution >= 4 is 5.91 Å². The van der Waals surface area contributed by atoms with Crippen molar-refractivity contribution in [3.05, 3.63) is 65.5 Å². The molecule has 2 unspecified atom stereocenters. The van der Waals surface area contributed by atoms with Crippen LogP contribution >= 0.6 is 0 Å². The number of aliphatic hydroxyl groups is 1. The van der Waals surface area contributed by atoms with Crippen LogP contribution in [0.1, 0.15) is 17.5 Å². The molecule has 5 nitrogen and oxygen atoms in total. The Morgan fingerprint density at radius 1 is 1.25 bits per heavy atom. The number of nitrogens with one attached hydrogen (secondary N) is 1. The number of carbonyl (C=O) groups is 1. The second-order valence-corrected chi connectivity index (χ2v) is 7.27. The first-order chi connectivity index (χ1) is 13.6. The largest absolute Gasteiger partial charge is 0.494 e. The molecule has 0 aromatic heterocycles. The molecule has 0 radical (unpaired) electrons. The molecule has 3 rings (SSSR count). The topological polar surface area (TPSA) is 61.8 Å². The lowest BCUT2D eigenvalue weighted by atomic mass is 9.91. The van der Waals surface area contributed by atoms with E-state index in [-0.39, 0.29) is 36.6 Å². The van der Waals surface area contributed by atoms with Gasteiger partial charge in [-0.25, -0.2) is 4.39 Å². The highest BCUT2D eigenvalue weighted by molar-refractivity contribution is 5.79. The van der Waals surface area contributed by atoms with Crippen LogP contribution in [0, 0.1) is 11.7 Å². The van der Waals surface area contributed by atoms with Gasteiger partial charge in [-0.2, -0.15) is 0 Å². The number of aliphatic hydroxyl groups excluding tert-OH is 1. The molecular weight excluding hydrogens is 359 g/mol. The summed E-state index contributed by atoms with van der Waals surface area (Å²) in [6.45, 7) is 2.43. The lowest BCUT2D eigenvalue weighted by Gasteiger charge is -2.38. The number of benzene rings is 2. The molecule has 0 saturated carbocycles. The van der Waals surface area contributed by atoms with E-state index in [9.17, 15) is 14.3 Å². The van der Waals surface area contributed by atoms with Gasteiger partial charge in [-0.05, 0) is 36.2 Å². The summed E-state index contributed by atoms with van der Waals surface area (Å²) in [5.74, 6) is -0.459. The Bertz CT molecular complexity index is 785. The first kappa shape index (κ1) is 20.3. The first-order valence-electron chi connectivity index (χ1n) is 9.58. The Hall–Kier alpha value is -2.44. The Morgan fingerprint density at radius 3 is 2.71 bits per heavy atom. The molecule has 150 valence electrons. The van der Waals surface area contributed by atoms with E-state index in [0.717, 1.165) is 19.5 Å². The van der Waals surface area contributed by atoms with Crippen LogP contribution in [-0.2, 0) is 17.8 Å². The van der Waals surface area contributed by atoms with Crippen LogP contribution in [0.25, 0.3) is 0 Å². The van der Waals surface area contributed by atoms with Gasteiger partial charge in [-0.15, -0.1) is 0 Å². The van der Waals surface area contributed by atoms with E-state index in [1.165, 1.54) is 24.8 Å². The van der Waals surface area contributed by atoms with Crippen molar-refractivity contribution in [2.75, 3.05) is 26.8 Å². The molecule has 1 fully saturated rings. The van der Waals surface area contributed by atoms with Gasteiger partial charge in [0.25, 0.3) is 0 Å². The lowest BCUT2D eigenvalue weighted by Crippen LogP contribution is -2.53. The fraction of sp³-hybridized carbons (Fsp3) is 0.409. The number of hydrogen-bond donors (Lipinski definition) is 2. The van der Waals surface area contributed by atoms with E-state index >= 15 is 0 Å². The molecule has 1 amide bonds. The summed E-state index contributed by atoms with van der Waals surface area (Å²) in [6, 6.07) is 14.6. The van der Waals surface area contributed by atoms with Crippen LogP contribution in [-0.4, -0.2) is 48.8 Å². The normalized spacial score (nSPS) is 20.0. The molecule has 2 atom stereocenters. The van der Waals surface area contributed by atoms with Crippen molar-refractivity contribution in [2.24, 2.45) is 5.92 Å². The van der Waals surface area contributed by atoms with Crippen molar-refractivity contribution in [3.8, 4) is 5.75 Å². The van der Waals surface area contributed by atoms with Gasteiger partial charge in [-0.1, -0.05) is 36.4 Å². The third kappa shape index (κ3) is 5.30. The highest BCUT2D eigenvalue weighted by atomic mass is 19.1. The van der Waals surface area contributed by atoms with Crippen LogP contribution in [0.2, 0.25) is 0 Å². The van der Waals surface area contributed by atoms with Gasteiger partial charge in [0.05, 0.1) is 13.5 Å². The summed E-state index contributed by atoms with van der Waals surface area (Å²) in [6.07, 6.45) is 0.916. The zero-order valence-corrected chi connectivity index (χ0v) is 16.1. The summed E-state index contributed by atoms with van der Waals surface area (Å²) in [5.41, 5.74) is 1.82. The average Bonchev–Trinajstić information content (AvgIpc) is 2.69. The molecule has 1 aliphatic rings. The van der Waals surface area contributed by atoms with E-state index in [4.69, 9.17) is 4.74 Å². The molecule has 28 heavy (non-hydrogen) atoms. The number of ether oxygens (including phenoxy) is 1. The van der Waals surface area contributed by atoms with Gasteiger partial charge < -0.3 is 15.2 Å². The van der Waals surface area contributed by atoms with Gasteiger partial charge in [0.1, 0.15) is 0 Å². The minimum atomic E-state index is -0.479. The predicted octanol–water partition coefficient (Wildman–Crippen LogP) is 2.38. The minimum Gasteiger partial charge on any atom is -0.494 e. The fourth-order valence-electron chi connectivity index (χ4n) is 3.70. The Labute approximate surface area is 165 Å². The maximum Gasteiger partial charge on any atom is 0.224 e. The number of amides is 1. The molecule has 2 aromatic rings. The third-order valence-electron chi connectivity index (χ3n) is 5.25. The maximum atomic E-state index is 13.8. The monoisotopic (exact) mass is 386 g/mol. The van der Waals surface area contributed by atoms with Crippen molar-refractivity contribution in [1.29, 1.82) is 0 Å². The molecule has 2 aromatic carbocycles. The molecule has 2 N–H and O–H groups in total. The summed E-state index contributed by atoms with van der Waals surface area (Å²) >= 11 is 0. The number of carbonyl (C=O) groups excluding carboxylic acids is 1. The number of methoxy groups -OCH3 is 1. The van der Waals surface area contributed by atoms with E-state index in [1.54, 1.807) is 6.07 Å². The molecule has 0 spiro atoms. The van der Waals surface area contributed by atoms with E-state index in [0.29, 0.717) is 12.1 Å². The molecule has 6 heteroatoms. The second-order valence-electron chi connectivity index (χ2n) is 7.27. The number of halogens is 1.